The summed E-state index contributed by atoms with van der Waals surface area (Å²) >= 11 is 0. The van der Waals surface area contributed by atoms with Gasteiger partial charge in [-0.1, -0.05) is 35.5 Å². The van der Waals surface area contributed by atoms with Gasteiger partial charge in [-0.2, -0.15) is 0 Å². The summed E-state index contributed by atoms with van der Waals surface area (Å²) in [5, 5.41) is 7.32. The lowest BCUT2D eigenvalue weighted by Gasteiger charge is -2.20. The molecule has 1 aromatic heterocycles. The van der Waals surface area contributed by atoms with Gasteiger partial charge in [-0.25, -0.2) is 0 Å². The van der Waals surface area contributed by atoms with E-state index in [2.05, 4.69) is 31.2 Å². The molecular formula is C14H18N2O. The second kappa shape index (κ2) is 4.72. The first-order valence-corrected chi connectivity index (χ1v) is 5.80. The minimum absolute atomic E-state index is 0.0885. The summed E-state index contributed by atoms with van der Waals surface area (Å²) in [5.41, 5.74) is 2.24. The number of nitrogens with zero attached hydrogens (tertiary/aromatic N) is 1. The number of hydrogen-bond donors (Lipinski definition) is 1. The molecule has 0 aliphatic rings. The Hall–Kier alpha value is -1.61. The van der Waals surface area contributed by atoms with E-state index in [0.29, 0.717) is 0 Å². The Kier molecular flexibility index (Phi) is 3.29. The Labute approximate surface area is 102 Å². The van der Waals surface area contributed by atoms with Crippen LogP contribution in [-0.2, 0) is 6.54 Å². The van der Waals surface area contributed by atoms with Crippen LogP contribution < -0.4 is 5.32 Å². The van der Waals surface area contributed by atoms with Gasteiger partial charge in [-0.3, -0.25) is 0 Å². The molecule has 0 unspecified atom stereocenters. The minimum Gasteiger partial charge on any atom is -0.356 e. The van der Waals surface area contributed by atoms with Crippen LogP contribution in [-0.4, -0.2) is 10.7 Å². The maximum Gasteiger partial charge on any atom is 0.171 e. The summed E-state index contributed by atoms with van der Waals surface area (Å²) in [7, 11) is 0. The van der Waals surface area contributed by atoms with Crippen molar-refractivity contribution in [2.75, 3.05) is 0 Å². The van der Waals surface area contributed by atoms with E-state index in [1.54, 1.807) is 6.20 Å². The van der Waals surface area contributed by atoms with Gasteiger partial charge < -0.3 is 9.84 Å². The van der Waals surface area contributed by atoms with E-state index in [1.165, 1.54) is 0 Å². The third-order valence-electron chi connectivity index (χ3n) is 2.49. The highest BCUT2D eigenvalue weighted by atomic mass is 16.5. The standard InChI is InChI=1S/C14H18N2O/c1-14(2,3)15-9-12-10-16-17-13(12)11-7-5-4-6-8-11/h4-8,10,15H,9H2,1-3H3. The van der Waals surface area contributed by atoms with Crippen LogP contribution >= 0.6 is 0 Å². The fourth-order valence-electron chi connectivity index (χ4n) is 1.57. The largest absolute Gasteiger partial charge is 0.356 e. The van der Waals surface area contributed by atoms with Crippen LogP contribution in [0.2, 0.25) is 0 Å². The summed E-state index contributed by atoms with van der Waals surface area (Å²) in [4.78, 5) is 0. The molecule has 0 aliphatic carbocycles. The Morgan fingerprint density at radius 1 is 1.18 bits per heavy atom. The van der Waals surface area contributed by atoms with E-state index < -0.39 is 0 Å². The number of nitrogens with one attached hydrogen (secondary N) is 1. The first-order valence-electron chi connectivity index (χ1n) is 5.80. The normalized spacial score (nSPS) is 11.7. The van der Waals surface area contributed by atoms with Crippen LogP contribution in [0.15, 0.2) is 41.1 Å². The zero-order chi connectivity index (χ0) is 12.3. The number of hydrogen-bond acceptors (Lipinski definition) is 3. The highest BCUT2D eigenvalue weighted by Gasteiger charge is 2.14. The lowest BCUT2D eigenvalue weighted by Crippen LogP contribution is -2.35. The van der Waals surface area contributed by atoms with E-state index in [9.17, 15) is 0 Å². The fraction of sp³-hybridized carbons (Fsp3) is 0.357. The molecule has 90 valence electrons. The van der Waals surface area contributed by atoms with Crippen molar-refractivity contribution in [3.8, 4) is 11.3 Å². The van der Waals surface area contributed by atoms with Crippen molar-refractivity contribution >= 4 is 0 Å². The zero-order valence-corrected chi connectivity index (χ0v) is 10.5. The first kappa shape index (κ1) is 11.9. The van der Waals surface area contributed by atoms with Gasteiger partial charge in [0.25, 0.3) is 0 Å². The highest BCUT2D eigenvalue weighted by molar-refractivity contribution is 5.60. The second-order valence-electron chi connectivity index (χ2n) is 5.15. The van der Waals surface area contributed by atoms with Crippen LogP contribution in [0, 0.1) is 0 Å². The third-order valence-corrected chi connectivity index (χ3v) is 2.49. The summed E-state index contributed by atoms with van der Waals surface area (Å²) in [5.74, 6) is 0.849. The first-order chi connectivity index (χ1) is 8.06. The molecule has 0 fully saturated rings. The summed E-state index contributed by atoms with van der Waals surface area (Å²) in [6.45, 7) is 7.19. The molecule has 0 bridgehead atoms. The molecule has 0 spiro atoms. The average molecular weight is 230 g/mol. The molecule has 1 N–H and O–H groups in total. The smallest absolute Gasteiger partial charge is 0.171 e. The lowest BCUT2D eigenvalue weighted by molar-refractivity contribution is 0.418. The van der Waals surface area contributed by atoms with E-state index in [0.717, 1.165) is 23.4 Å². The van der Waals surface area contributed by atoms with E-state index in [-0.39, 0.29) is 5.54 Å². The number of aromatic nitrogens is 1. The Balaban J connectivity index is 2.18. The SMILES string of the molecule is CC(C)(C)NCc1cnoc1-c1ccccc1. The van der Waals surface area contributed by atoms with E-state index in [1.807, 2.05) is 30.3 Å². The van der Waals surface area contributed by atoms with Gasteiger partial charge in [0.2, 0.25) is 0 Å². The number of benzene rings is 1. The topological polar surface area (TPSA) is 38.1 Å². The lowest BCUT2D eigenvalue weighted by atomic mass is 10.1. The van der Waals surface area contributed by atoms with Crippen molar-refractivity contribution in [3.05, 3.63) is 42.1 Å². The molecule has 0 saturated carbocycles. The van der Waals surface area contributed by atoms with Crippen molar-refractivity contribution in [1.82, 2.24) is 10.5 Å². The highest BCUT2D eigenvalue weighted by Crippen LogP contribution is 2.23. The molecule has 3 nitrogen and oxygen atoms in total. The van der Waals surface area contributed by atoms with Crippen molar-refractivity contribution in [2.24, 2.45) is 0 Å². The van der Waals surface area contributed by atoms with Crippen molar-refractivity contribution in [1.29, 1.82) is 0 Å². The van der Waals surface area contributed by atoms with Crippen LogP contribution in [0.25, 0.3) is 11.3 Å². The predicted molar refractivity (Wildman–Crippen MR) is 68.5 cm³/mol. The zero-order valence-electron chi connectivity index (χ0n) is 10.5. The van der Waals surface area contributed by atoms with Gasteiger partial charge in [-0.05, 0) is 20.8 Å². The molecule has 0 aliphatic heterocycles. The van der Waals surface area contributed by atoms with Gasteiger partial charge in [0.15, 0.2) is 5.76 Å². The van der Waals surface area contributed by atoms with Crippen LogP contribution in [0.5, 0.6) is 0 Å². The summed E-state index contributed by atoms with van der Waals surface area (Å²) in [6, 6.07) is 10.0. The van der Waals surface area contributed by atoms with Gasteiger partial charge in [0.1, 0.15) is 0 Å². The summed E-state index contributed by atoms with van der Waals surface area (Å²) in [6.07, 6.45) is 1.78. The minimum atomic E-state index is 0.0885. The Bertz CT molecular complexity index is 468. The predicted octanol–water partition coefficient (Wildman–Crippen LogP) is 3.23. The van der Waals surface area contributed by atoms with Gasteiger partial charge in [-0.15, -0.1) is 0 Å². The van der Waals surface area contributed by atoms with E-state index >= 15 is 0 Å². The Morgan fingerprint density at radius 2 is 1.88 bits per heavy atom. The van der Waals surface area contributed by atoms with Gasteiger partial charge in [0, 0.05) is 23.2 Å². The Morgan fingerprint density at radius 3 is 2.53 bits per heavy atom. The van der Waals surface area contributed by atoms with Gasteiger partial charge in [0.05, 0.1) is 6.20 Å². The van der Waals surface area contributed by atoms with Crippen molar-refractivity contribution in [3.63, 3.8) is 0 Å². The van der Waals surface area contributed by atoms with Gasteiger partial charge >= 0.3 is 0 Å². The molecule has 0 saturated heterocycles. The molecule has 17 heavy (non-hydrogen) atoms. The van der Waals surface area contributed by atoms with Crippen LogP contribution in [0.3, 0.4) is 0 Å². The molecule has 0 radical (unpaired) electrons. The molecule has 1 heterocycles. The molecule has 2 aromatic rings. The van der Waals surface area contributed by atoms with Crippen molar-refractivity contribution in [2.45, 2.75) is 32.9 Å². The third kappa shape index (κ3) is 3.17. The average Bonchev–Trinajstić information content (AvgIpc) is 2.75. The molecule has 0 amide bonds. The number of rotatable bonds is 3. The maximum atomic E-state index is 5.33. The van der Waals surface area contributed by atoms with Crippen LogP contribution in [0.4, 0.5) is 0 Å². The monoisotopic (exact) mass is 230 g/mol. The quantitative estimate of drug-likeness (QED) is 0.879. The van der Waals surface area contributed by atoms with E-state index in [4.69, 9.17) is 4.52 Å². The van der Waals surface area contributed by atoms with Crippen molar-refractivity contribution < 1.29 is 4.52 Å². The second-order valence-corrected chi connectivity index (χ2v) is 5.15. The summed E-state index contributed by atoms with van der Waals surface area (Å²) < 4.78 is 5.33. The molecule has 0 atom stereocenters. The molecule has 2 rings (SSSR count). The molecule has 1 aromatic carbocycles. The fourth-order valence-corrected chi connectivity index (χ4v) is 1.57. The molecule has 3 heteroatoms. The maximum absolute atomic E-state index is 5.33. The van der Waals surface area contributed by atoms with Crippen LogP contribution in [0.1, 0.15) is 26.3 Å². The molecular weight excluding hydrogens is 212 g/mol.